The third kappa shape index (κ3) is 7.04. The highest BCUT2D eigenvalue weighted by molar-refractivity contribution is 6.08. The van der Waals surface area contributed by atoms with Gasteiger partial charge in [0, 0.05) is 67.8 Å². The molecule has 4 amide bonds. The van der Waals surface area contributed by atoms with Gasteiger partial charge in [0.15, 0.2) is 5.60 Å². The molecule has 3 fully saturated rings. The van der Waals surface area contributed by atoms with Crippen molar-refractivity contribution in [3.05, 3.63) is 89.5 Å². The minimum absolute atomic E-state index is 0.0118. The smallest absolute Gasteiger partial charge is 0.264 e. The molecule has 286 valence electrons. The summed E-state index contributed by atoms with van der Waals surface area (Å²) in [7, 11) is 0. The SMILES string of the molecule is C[C@@H]1[C@@H](C(C)(C)F)[C@H](CC(=O)N(CCO)Cc2ccccc2)O[C@@]12C(=O)N(Cc1ccc(N3CCCCC3=O)cc1)c1ccc(N3CCCCC3=O)cc12. The number of piperidine rings is 2. The third-order valence-corrected chi connectivity index (χ3v) is 11.8. The largest absolute Gasteiger partial charge is 0.395 e. The number of fused-ring (bicyclic) bond motifs is 2. The number of halogens is 1. The molecular weight excluding hydrogens is 687 g/mol. The maximum absolute atomic E-state index is 16.5. The quantitative estimate of drug-likeness (QED) is 0.248. The lowest BCUT2D eigenvalue weighted by molar-refractivity contribution is -0.150. The van der Waals surface area contributed by atoms with Gasteiger partial charge in [-0.1, -0.05) is 49.4 Å². The Labute approximate surface area is 316 Å². The first-order valence-electron chi connectivity index (χ1n) is 19.4. The molecule has 4 aliphatic rings. The molecule has 1 N–H and O–H groups in total. The van der Waals surface area contributed by atoms with E-state index in [9.17, 15) is 19.5 Å². The molecule has 0 saturated carbocycles. The molecule has 0 radical (unpaired) electrons. The fourth-order valence-corrected chi connectivity index (χ4v) is 9.20. The monoisotopic (exact) mass is 738 g/mol. The highest BCUT2D eigenvalue weighted by Crippen LogP contribution is 2.59. The number of benzene rings is 3. The van der Waals surface area contributed by atoms with Gasteiger partial charge in [-0.05, 0) is 81.0 Å². The zero-order chi connectivity index (χ0) is 38.2. The molecule has 3 aromatic carbocycles. The van der Waals surface area contributed by atoms with Crippen LogP contribution in [0.3, 0.4) is 0 Å². The topological polar surface area (TPSA) is 111 Å². The maximum Gasteiger partial charge on any atom is 0.264 e. The van der Waals surface area contributed by atoms with Crippen LogP contribution in [-0.4, -0.2) is 71.6 Å². The van der Waals surface area contributed by atoms with Crippen LogP contribution in [0, 0.1) is 11.8 Å². The van der Waals surface area contributed by atoms with E-state index in [1.165, 1.54) is 13.8 Å². The van der Waals surface area contributed by atoms with Gasteiger partial charge < -0.3 is 29.4 Å². The summed E-state index contributed by atoms with van der Waals surface area (Å²) in [6.07, 6.45) is 3.36. The summed E-state index contributed by atoms with van der Waals surface area (Å²) in [5.74, 6) is -2.06. The molecule has 4 atom stereocenters. The van der Waals surface area contributed by atoms with Crippen LogP contribution in [0.5, 0.6) is 0 Å². The molecule has 7 rings (SSSR count). The van der Waals surface area contributed by atoms with Crippen molar-refractivity contribution in [1.29, 1.82) is 0 Å². The lowest BCUT2D eigenvalue weighted by Crippen LogP contribution is -2.45. The average molecular weight is 739 g/mol. The number of hydrogen-bond donors (Lipinski definition) is 1. The number of hydrogen-bond acceptors (Lipinski definition) is 6. The average Bonchev–Trinajstić information content (AvgIpc) is 3.58. The van der Waals surface area contributed by atoms with Crippen molar-refractivity contribution in [2.45, 2.75) is 96.2 Å². The number of carbonyl (C=O) groups is 4. The van der Waals surface area contributed by atoms with Crippen LogP contribution < -0.4 is 14.7 Å². The second-order valence-corrected chi connectivity index (χ2v) is 15.8. The molecule has 3 aromatic rings. The van der Waals surface area contributed by atoms with Crippen LogP contribution in [0.1, 0.15) is 82.4 Å². The van der Waals surface area contributed by atoms with Crippen LogP contribution in [0.4, 0.5) is 21.5 Å². The first-order valence-corrected chi connectivity index (χ1v) is 19.4. The Morgan fingerprint density at radius 1 is 0.889 bits per heavy atom. The van der Waals surface area contributed by atoms with Gasteiger partial charge in [0.2, 0.25) is 17.7 Å². The Bertz CT molecular complexity index is 1880. The molecule has 0 bridgehead atoms. The van der Waals surface area contributed by atoms with Gasteiger partial charge in [-0.15, -0.1) is 0 Å². The molecule has 4 aliphatic heterocycles. The van der Waals surface area contributed by atoms with Gasteiger partial charge in [0.1, 0.15) is 5.67 Å². The molecule has 0 aliphatic carbocycles. The normalized spacial score (nSPS) is 24.4. The number of nitrogens with zero attached hydrogens (tertiary/aromatic N) is 4. The molecule has 1 spiro atoms. The number of aliphatic hydroxyl groups excluding tert-OH is 1. The molecule has 0 unspecified atom stereocenters. The Hall–Kier alpha value is -4.61. The zero-order valence-corrected chi connectivity index (χ0v) is 31.5. The lowest BCUT2D eigenvalue weighted by Gasteiger charge is -2.33. The zero-order valence-electron chi connectivity index (χ0n) is 31.5. The Balaban J connectivity index is 1.24. The highest BCUT2D eigenvalue weighted by Gasteiger charge is 2.66. The lowest BCUT2D eigenvalue weighted by atomic mass is 9.71. The van der Waals surface area contributed by atoms with Gasteiger partial charge in [-0.2, -0.15) is 0 Å². The second-order valence-electron chi connectivity index (χ2n) is 15.8. The van der Waals surface area contributed by atoms with Crippen LogP contribution in [-0.2, 0) is 42.6 Å². The van der Waals surface area contributed by atoms with Gasteiger partial charge in [0.05, 0.1) is 31.4 Å². The van der Waals surface area contributed by atoms with Crippen molar-refractivity contribution >= 4 is 40.7 Å². The number of alkyl halides is 1. The summed E-state index contributed by atoms with van der Waals surface area (Å²) < 4.78 is 23.4. The van der Waals surface area contributed by atoms with Crippen molar-refractivity contribution in [2.75, 3.05) is 40.9 Å². The number of amides is 4. The molecule has 10 nitrogen and oxygen atoms in total. The Morgan fingerprint density at radius 2 is 1.52 bits per heavy atom. The van der Waals surface area contributed by atoms with Crippen LogP contribution in [0.2, 0.25) is 0 Å². The highest BCUT2D eigenvalue weighted by atomic mass is 19.1. The van der Waals surface area contributed by atoms with E-state index in [1.807, 2.05) is 79.7 Å². The van der Waals surface area contributed by atoms with Crippen molar-refractivity contribution < 1.29 is 33.4 Å². The van der Waals surface area contributed by atoms with E-state index in [2.05, 4.69) is 0 Å². The molecule has 3 saturated heterocycles. The van der Waals surface area contributed by atoms with Crippen LogP contribution >= 0.6 is 0 Å². The third-order valence-electron chi connectivity index (χ3n) is 11.8. The minimum atomic E-state index is -1.83. The number of rotatable bonds is 11. The fraction of sp³-hybridized carbons (Fsp3) is 0.488. The summed E-state index contributed by atoms with van der Waals surface area (Å²) in [4.78, 5) is 61.6. The number of aliphatic hydroxyl groups is 1. The van der Waals surface area contributed by atoms with E-state index < -0.39 is 29.2 Å². The van der Waals surface area contributed by atoms with Crippen molar-refractivity contribution in [3.63, 3.8) is 0 Å². The van der Waals surface area contributed by atoms with E-state index in [0.29, 0.717) is 42.9 Å². The summed E-state index contributed by atoms with van der Waals surface area (Å²) in [6, 6.07) is 22.7. The van der Waals surface area contributed by atoms with Gasteiger partial charge in [0.25, 0.3) is 5.91 Å². The predicted molar refractivity (Wildman–Crippen MR) is 204 cm³/mol. The second kappa shape index (κ2) is 15.3. The van der Waals surface area contributed by atoms with E-state index >= 15 is 9.18 Å². The van der Waals surface area contributed by atoms with Crippen LogP contribution in [0.15, 0.2) is 72.8 Å². The number of ether oxygens (including phenoxy) is 1. The van der Waals surface area contributed by atoms with Gasteiger partial charge in [-0.25, -0.2) is 4.39 Å². The number of anilines is 3. The Kier molecular flexibility index (Phi) is 10.7. The maximum atomic E-state index is 16.5. The Morgan fingerprint density at radius 3 is 2.13 bits per heavy atom. The van der Waals surface area contributed by atoms with E-state index in [4.69, 9.17) is 4.74 Å². The first-order chi connectivity index (χ1) is 25.9. The summed E-state index contributed by atoms with van der Waals surface area (Å²) in [5.41, 5.74) is 0.942. The van der Waals surface area contributed by atoms with Crippen molar-refractivity contribution in [3.8, 4) is 0 Å². The first kappa shape index (κ1) is 37.7. The molecular formula is C43H51FN4O6. The van der Waals surface area contributed by atoms with Crippen molar-refractivity contribution in [1.82, 2.24) is 4.90 Å². The predicted octanol–water partition coefficient (Wildman–Crippen LogP) is 6.27. The van der Waals surface area contributed by atoms with Crippen LogP contribution in [0.25, 0.3) is 0 Å². The molecule has 54 heavy (non-hydrogen) atoms. The number of carbonyl (C=O) groups excluding carboxylic acids is 4. The van der Waals surface area contributed by atoms with Gasteiger partial charge in [-0.3, -0.25) is 19.2 Å². The fourth-order valence-electron chi connectivity index (χ4n) is 9.20. The molecule has 0 aromatic heterocycles. The summed E-state index contributed by atoms with van der Waals surface area (Å²) in [6.45, 7) is 6.34. The molecule has 4 heterocycles. The minimum Gasteiger partial charge on any atom is -0.395 e. The summed E-state index contributed by atoms with van der Waals surface area (Å²) in [5, 5.41) is 9.87. The van der Waals surface area contributed by atoms with E-state index in [1.54, 1.807) is 19.6 Å². The van der Waals surface area contributed by atoms with Crippen molar-refractivity contribution in [2.24, 2.45) is 11.8 Å². The summed E-state index contributed by atoms with van der Waals surface area (Å²) >= 11 is 0. The van der Waals surface area contributed by atoms with E-state index in [0.717, 1.165) is 42.5 Å². The standard InChI is InChI=1S/C43H51FN4O6/c1-29-40(42(2,3)44)36(26-39(52)45(23-24-49)27-30-11-5-4-6-12-30)54-43(29)34-25-33(47-22-10-8-14-38(47)51)19-20-35(34)48(41(43)53)28-31-15-17-32(18-16-31)46-21-9-7-13-37(46)50/h4-6,11-12,15-20,25,29,36,40,49H,7-10,13-14,21-24,26-28H2,1-3H3/t29-,36+,40-,43+/m1/s1. The van der Waals surface area contributed by atoms with E-state index in [-0.39, 0.29) is 56.3 Å². The van der Waals surface area contributed by atoms with Gasteiger partial charge >= 0.3 is 0 Å². The molecule has 11 heteroatoms.